The molecule has 1 saturated heterocycles. The van der Waals surface area contributed by atoms with E-state index in [1.165, 1.54) is 5.56 Å². The summed E-state index contributed by atoms with van der Waals surface area (Å²) in [5.74, 6) is -0.757. The van der Waals surface area contributed by atoms with E-state index in [1.54, 1.807) is 4.90 Å². The van der Waals surface area contributed by atoms with Gasteiger partial charge in [0.1, 0.15) is 6.04 Å². The van der Waals surface area contributed by atoms with Crippen molar-refractivity contribution in [1.29, 1.82) is 0 Å². The van der Waals surface area contributed by atoms with Gasteiger partial charge in [0.2, 0.25) is 11.8 Å². The number of aryl methyl sites for hydroxylation is 1. The highest BCUT2D eigenvalue weighted by Crippen LogP contribution is 2.37. The molecule has 1 unspecified atom stereocenters. The summed E-state index contributed by atoms with van der Waals surface area (Å²) in [5.41, 5.74) is 10.3. The standard InChI is InChI=1S/C28H34N4O3.ClH/c29-20-11-13-21(14-12-20)31(17-5-8-19-6-2-1-3-7-19)24-10-4-9-22-23(24)18-32(28(22)35)25-15-16-26(33)30-27(25)34;/h1-4,6-7,9-10,20-21,25H,5,8,11-18,29H2,(H,30,33,34);1H. The van der Waals surface area contributed by atoms with Crippen molar-refractivity contribution in [2.24, 2.45) is 5.73 Å². The lowest BCUT2D eigenvalue weighted by Crippen LogP contribution is -2.52. The molecule has 3 amide bonds. The Bertz CT molecular complexity index is 1100. The lowest BCUT2D eigenvalue weighted by atomic mass is 9.89. The highest BCUT2D eigenvalue weighted by molar-refractivity contribution is 6.06. The molecule has 3 N–H and O–H groups in total. The van der Waals surface area contributed by atoms with Crippen molar-refractivity contribution >= 4 is 35.8 Å². The van der Waals surface area contributed by atoms with Crippen LogP contribution in [0.2, 0.25) is 0 Å². The summed E-state index contributed by atoms with van der Waals surface area (Å²) in [6.07, 6.45) is 6.76. The molecule has 192 valence electrons. The number of anilines is 1. The monoisotopic (exact) mass is 510 g/mol. The second-order valence-corrected chi connectivity index (χ2v) is 10.1. The Labute approximate surface area is 218 Å². The SMILES string of the molecule is Cl.NC1CCC(N(CCCc2ccccc2)c2cccc3c2CN(C2CCC(=O)NC2=O)C3=O)CC1. The number of benzene rings is 2. The molecule has 8 heteroatoms. The van der Waals surface area contributed by atoms with Gasteiger partial charge in [-0.25, -0.2) is 0 Å². The third kappa shape index (κ3) is 5.42. The Morgan fingerprint density at radius 1 is 0.944 bits per heavy atom. The molecule has 2 aliphatic heterocycles. The zero-order valence-corrected chi connectivity index (χ0v) is 21.3. The molecule has 7 nitrogen and oxygen atoms in total. The van der Waals surface area contributed by atoms with Crippen LogP contribution in [0.3, 0.4) is 0 Å². The lowest BCUT2D eigenvalue weighted by molar-refractivity contribution is -0.136. The Balaban J connectivity index is 0.00000304. The molecule has 0 spiro atoms. The molecule has 36 heavy (non-hydrogen) atoms. The number of fused-ring (bicyclic) bond motifs is 1. The number of nitrogens with zero attached hydrogens (tertiary/aromatic N) is 2. The van der Waals surface area contributed by atoms with Crippen molar-refractivity contribution in [1.82, 2.24) is 10.2 Å². The number of hydrogen-bond acceptors (Lipinski definition) is 5. The van der Waals surface area contributed by atoms with Crippen LogP contribution in [-0.4, -0.2) is 47.3 Å². The number of carbonyl (C=O) groups excluding carboxylic acids is 3. The van der Waals surface area contributed by atoms with Crippen LogP contribution in [0, 0.1) is 0 Å². The first-order valence-electron chi connectivity index (χ1n) is 12.8. The number of nitrogens with two attached hydrogens (primary N) is 1. The molecule has 1 saturated carbocycles. The van der Waals surface area contributed by atoms with Gasteiger partial charge < -0.3 is 15.5 Å². The summed E-state index contributed by atoms with van der Waals surface area (Å²) in [7, 11) is 0. The number of rotatable bonds is 7. The summed E-state index contributed by atoms with van der Waals surface area (Å²) < 4.78 is 0. The van der Waals surface area contributed by atoms with Gasteiger partial charge in [-0.3, -0.25) is 19.7 Å². The maximum atomic E-state index is 13.3. The largest absolute Gasteiger partial charge is 0.368 e. The molecule has 2 heterocycles. The van der Waals surface area contributed by atoms with E-state index in [9.17, 15) is 14.4 Å². The van der Waals surface area contributed by atoms with Gasteiger partial charge >= 0.3 is 0 Å². The number of carbonyl (C=O) groups is 3. The molecular weight excluding hydrogens is 476 g/mol. The van der Waals surface area contributed by atoms with Crippen molar-refractivity contribution < 1.29 is 14.4 Å². The predicted molar refractivity (Wildman–Crippen MR) is 142 cm³/mol. The van der Waals surface area contributed by atoms with Crippen LogP contribution in [0.15, 0.2) is 48.5 Å². The van der Waals surface area contributed by atoms with Crippen LogP contribution in [0.25, 0.3) is 0 Å². The van der Waals surface area contributed by atoms with E-state index in [-0.39, 0.29) is 42.6 Å². The first kappa shape index (κ1) is 26.2. The van der Waals surface area contributed by atoms with Crippen molar-refractivity contribution in [3.8, 4) is 0 Å². The van der Waals surface area contributed by atoms with E-state index < -0.39 is 6.04 Å². The molecular formula is C28H35ClN4O3. The third-order valence-corrected chi connectivity index (χ3v) is 7.76. The summed E-state index contributed by atoms with van der Waals surface area (Å²) in [5, 5.41) is 2.40. The number of hydrogen-bond donors (Lipinski definition) is 2. The summed E-state index contributed by atoms with van der Waals surface area (Å²) in [6.45, 7) is 1.30. The first-order valence-corrected chi connectivity index (χ1v) is 12.8. The summed E-state index contributed by atoms with van der Waals surface area (Å²) in [4.78, 5) is 41.6. The molecule has 1 atom stereocenters. The van der Waals surface area contributed by atoms with Gasteiger partial charge in [-0.05, 0) is 62.6 Å². The smallest absolute Gasteiger partial charge is 0.255 e. The van der Waals surface area contributed by atoms with Crippen molar-refractivity contribution in [2.45, 2.75) is 76.0 Å². The Morgan fingerprint density at radius 3 is 2.42 bits per heavy atom. The van der Waals surface area contributed by atoms with Crippen molar-refractivity contribution in [2.75, 3.05) is 11.4 Å². The zero-order chi connectivity index (χ0) is 24.4. The number of halogens is 1. The molecule has 2 aromatic carbocycles. The molecule has 5 rings (SSSR count). The highest BCUT2D eigenvalue weighted by Gasteiger charge is 2.40. The molecule has 2 fully saturated rings. The number of nitrogens with one attached hydrogen (secondary N) is 1. The minimum absolute atomic E-state index is 0. The van der Waals surface area contributed by atoms with Crippen LogP contribution in [0.5, 0.6) is 0 Å². The Morgan fingerprint density at radius 2 is 1.69 bits per heavy atom. The second kappa shape index (κ2) is 11.4. The number of piperidine rings is 1. The van der Waals surface area contributed by atoms with Gasteiger partial charge in [0, 0.05) is 48.4 Å². The normalized spacial score (nSPS) is 23.6. The van der Waals surface area contributed by atoms with Crippen LogP contribution < -0.4 is 16.0 Å². The first-order chi connectivity index (χ1) is 17.0. The fourth-order valence-corrected chi connectivity index (χ4v) is 5.85. The summed E-state index contributed by atoms with van der Waals surface area (Å²) in [6, 6.07) is 16.5. The van der Waals surface area contributed by atoms with Crippen LogP contribution in [0.4, 0.5) is 5.69 Å². The van der Waals surface area contributed by atoms with E-state index in [4.69, 9.17) is 5.73 Å². The quantitative estimate of drug-likeness (QED) is 0.555. The third-order valence-electron chi connectivity index (χ3n) is 7.76. The average Bonchev–Trinajstić information content (AvgIpc) is 3.20. The van der Waals surface area contributed by atoms with Crippen LogP contribution in [0.1, 0.15) is 66.4 Å². The molecule has 0 bridgehead atoms. The topological polar surface area (TPSA) is 95.7 Å². The second-order valence-electron chi connectivity index (χ2n) is 10.1. The number of amides is 3. The lowest BCUT2D eigenvalue weighted by Gasteiger charge is -2.39. The molecule has 1 aliphatic carbocycles. The predicted octanol–water partition coefficient (Wildman–Crippen LogP) is 3.58. The zero-order valence-electron chi connectivity index (χ0n) is 20.5. The van der Waals surface area contributed by atoms with Crippen molar-refractivity contribution in [3.05, 3.63) is 65.2 Å². The van der Waals surface area contributed by atoms with Gasteiger partial charge in [0.05, 0.1) is 0 Å². The fourth-order valence-electron chi connectivity index (χ4n) is 5.85. The maximum absolute atomic E-state index is 13.3. The van der Waals surface area contributed by atoms with Crippen LogP contribution >= 0.6 is 12.4 Å². The minimum Gasteiger partial charge on any atom is -0.368 e. The number of imide groups is 1. The minimum atomic E-state index is -0.598. The van der Waals surface area contributed by atoms with E-state index in [1.807, 2.05) is 18.2 Å². The average molecular weight is 511 g/mol. The molecule has 3 aliphatic rings. The summed E-state index contributed by atoms with van der Waals surface area (Å²) >= 11 is 0. The van der Waals surface area contributed by atoms with Gasteiger partial charge in [-0.1, -0.05) is 36.4 Å². The van der Waals surface area contributed by atoms with Gasteiger partial charge in [0.15, 0.2) is 0 Å². The highest BCUT2D eigenvalue weighted by atomic mass is 35.5. The van der Waals surface area contributed by atoms with Gasteiger partial charge in [-0.2, -0.15) is 0 Å². The van der Waals surface area contributed by atoms with E-state index >= 15 is 0 Å². The van der Waals surface area contributed by atoms with E-state index in [0.29, 0.717) is 24.6 Å². The maximum Gasteiger partial charge on any atom is 0.255 e. The van der Waals surface area contributed by atoms with Gasteiger partial charge in [0.25, 0.3) is 5.91 Å². The Kier molecular flexibility index (Phi) is 8.32. The molecule has 0 aromatic heterocycles. The molecule has 2 aromatic rings. The fraction of sp³-hybridized carbons (Fsp3) is 0.464. The van der Waals surface area contributed by atoms with E-state index in [2.05, 4.69) is 40.5 Å². The Hall–Kier alpha value is -2.90. The van der Waals surface area contributed by atoms with Gasteiger partial charge in [-0.15, -0.1) is 12.4 Å². The molecule has 0 radical (unpaired) electrons. The van der Waals surface area contributed by atoms with Crippen molar-refractivity contribution in [3.63, 3.8) is 0 Å². The van der Waals surface area contributed by atoms with E-state index in [0.717, 1.165) is 56.3 Å². The van der Waals surface area contributed by atoms with Crippen LogP contribution in [-0.2, 0) is 22.6 Å².